The third-order valence-electron chi connectivity index (χ3n) is 3.82. The molecular weight excluding hydrogens is 276 g/mol. The van der Waals surface area contributed by atoms with Crippen molar-refractivity contribution in [2.24, 2.45) is 5.92 Å². The van der Waals surface area contributed by atoms with Crippen molar-refractivity contribution in [2.75, 3.05) is 19.0 Å². The molecule has 1 aliphatic heterocycles. The number of fused-ring (bicyclic) bond motifs is 1. The van der Waals surface area contributed by atoms with Gasteiger partial charge in [0.25, 0.3) is 0 Å². The lowest BCUT2D eigenvalue weighted by molar-refractivity contribution is 0.165. The van der Waals surface area contributed by atoms with Crippen LogP contribution in [0.25, 0.3) is 10.2 Å². The number of rotatable bonds is 4. The van der Waals surface area contributed by atoms with Crippen LogP contribution in [0.3, 0.4) is 0 Å². The van der Waals surface area contributed by atoms with E-state index in [0.717, 1.165) is 30.3 Å². The van der Waals surface area contributed by atoms with Crippen molar-refractivity contribution in [2.45, 2.75) is 25.8 Å². The van der Waals surface area contributed by atoms with E-state index in [1.807, 2.05) is 11.3 Å². The van der Waals surface area contributed by atoms with Crippen molar-refractivity contribution >= 4 is 33.2 Å². The highest BCUT2D eigenvalue weighted by atomic mass is 35.5. The zero-order chi connectivity index (χ0) is 13.1. The van der Waals surface area contributed by atoms with Gasteiger partial charge in [-0.05, 0) is 43.9 Å². The topological polar surface area (TPSA) is 16.1 Å². The van der Waals surface area contributed by atoms with Gasteiger partial charge in [-0.25, -0.2) is 4.98 Å². The molecule has 0 radical (unpaired) electrons. The van der Waals surface area contributed by atoms with E-state index >= 15 is 0 Å². The molecule has 0 N–H and O–H groups in total. The first-order chi connectivity index (χ1) is 9.35. The Balaban J connectivity index is 1.67. The number of halogens is 1. The van der Waals surface area contributed by atoms with E-state index < -0.39 is 0 Å². The second kappa shape index (κ2) is 6.21. The lowest BCUT2D eigenvalue weighted by Crippen LogP contribution is -2.35. The zero-order valence-corrected chi connectivity index (χ0v) is 12.6. The molecule has 2 aromatic rings. The monoisotopic (exact) mass is 294 g/mol. The molecule has 1 aromatic carbocycles. The van der Waals surface area contributed by atoms with Crippen LogP contribution in [-0.4, -0.2) is 28.9 Å². The van der Waals surface area contributed by atoms with Crippen molar-refractivity contribution in [3.05, 3.63) is 29.3 Å². The van der Waals surface area contributed by atoms with Crippen LogP contribution in [0.5, 0.6) is 0 Å². The number of likely N-dealkylation sites (tertiary alicyclic amines) is 1. The van der Waals surface area contributed by atoms with Gasteiger partial charge in [0, 0.05) is 12.4 Å². The lowest BCUT2D eigenvalue weighted by atomic mass is 9.96. The minimum Gasteiger partial charge on any atom is -0.296 e. The Morgan fingerprint density at radius 2 is 2.26 bits per heavy atom. The van der Waals surface area contributed by atoms with Crippen LogP contribution < -0.4 is 0 Å². The second-order valence-corrected chi connectivity index (χ2v) is 6.79. The first-order valence-corrected chi connectivity index (χ1v) is 8.33. The molecule has 1 atom stereocenters. The number of hydrogen-bond acceptors (Lipinski definition) is 3. The summed E-state index contributed by atoms with van der Waals surface area (Å²) in [5.74, 6) is 1.57. The molecule has 0 spiro atoms. The van der Waals surface area contributed by atoms with E-state index in [1.165, 1.54) is 35.6 Å². The standard InChI is InChI=1S/C15H19ClN2S/c16-8-7-12-4-3-9-18(10-12)11-15-17-13-5-1-2-6-14(13)19-15/h1-2,5-6,12H,3-4,7-11H2. The van der Waals surface area contributed by atoms with E-state index in [2.05, 4.69) is 29.2 Å². The number of piperidine rings is 1. The van der Waals surface area contributed by atoms with Crippen LogP contribution in [-0.2, 0) is 6.54 Å². The van der Waals surface area contributed by atoms with Gasteiger partial charge in [0.1, 0.15) is 5.01 Å². The smallest absolute Gasteiger partial charge is 0.108 e. The number of alkyl halides is 1. The Morgan fingerprint density at radius 3 is 3.11 bits per heavy atom. The maximum atomic E-state index is 5.87. The minimum atomic E-state index is 0.778. The van der Waals surface area contributed by atoms with Crippen molar-refractivity contribution in [3.63, 3.8) is 0 Å². The van der Waals surface area contributed by atoms with E-state index in [4.69, 9.17) is 16.6 Å². The summed E-state index contributed by atoms with van der Waals surface area (Å²) < 4.78 is 1.30. The summed E-state index contributed by atoms with van der Waals surface area (Å²) in [4.78, 5) is 7.27. The number of para-hydroxylation sites is 1. The normalized spacial score (nSPS) is 21.0. The molecule has 1 aliphatic rings. The molecule has 1 unspecified atom stereocenters. The number of thiazole rings is 1. The highest BCUT2D eigenvalue weighted by Gasteiger charge is 2.20. The highest BCUT2D eigenvalue weighted by Crippen LogP contribution is 2.25. The largest absolute Gasteiger partial charge is 0.296 e. The summed E-state index contributed by atoms with van der Waals surface area (Å²) in [5, 5.41) is 1.24. The Bertz CT molecular complexity index is 505. The fourth-order valence-electron chi connectivity index (χ4n) is 2.86. The number of hydrogen-bond donors (Lipinski definition) is 0. The Morgan fingerprint density at radius 1 is 1.37 bits per heavy atom. The van der Waals surface area contributed by atoms with Gasteiger partial charge in [-0.15, -0.1) is 22.9 Å². The molecule has 1 saturated heterocycles. The molecule has 2 heterocycles. The molecule has 0 aliphatic carbocycles. The van der Waals surface area contributed by atoms with Crippen molar-refractivity contribution in [1.29, 1.82) is 0 Å². The van der Waals surface area contributed by atoms with E-state index in [-0.39, 0.29) is 0 Å². The van der Waals surface area contributed by atoms with Crippen LogP contribution in [0.4, 0.5) is 0 Å². The van der Waals surface area contributed by atoms with Gasteiger partial charge in [0.2, 0.25) is 0 Å². The second-order valence-electron chi connectivity index (χ2n) is 5.30. The quantitative estimate of drug-likeness (QED) is 0.788. The zero-order valence-electron chi connectivity index (χ0n) is 11.0. The Labute approximate surface area is 123 Å². The first kappa shape index (κ1) is 13.3. The van der Waals surface area contributed by atoms with Gasteiger partial charge < -0.3 is 0 Å². The molecule has 1 aromatic heterocycles. The number of nitrogens with zero attached hydrogens (tertiary/aromatic N) is 2. The SMILES string of the molecule is ClCCC1CCCN(Cc2nc3ccccc3s2)C1. The summed E-state index contributed by atoms with van der Waals surface area (Å²) in [6.07, 6.45) is 3.79. The number of aromatic nitrogens is 1. The molecule has 0 amide bonds. The molecule has 1 fully saturated rings. The van der Waals surface area contributed by atoms with Gasteiger partial charge in [0.05, 0.1) is 16.8 Å². The highest BCUT2D eigenvalue weighted by molar-refractivity contribution is 7.18. The lowest BCUT2D eigenvalue weighted by Gasteiger charge is -2.31. The molecule has 19 heavy (non-hydrogen) atoms. The van der Waals surface area contributed by atoms with Gasteiger partial charge >= 0.3 is 0 Å². The molecule has 0 bridgehead atoms. The van der Waals surface area contributed by atoms with Crippen LogP contribution in [0.1, 0.15) is 24.3 Å². The fraction of sp³-hybridized carbons (Fsp3) is 0.533. The predicted octanol–water partition coefficient (Wildman–Crippen LogP) is 4.14. The maximum absolute atomic E-state index is 5.87. The summed E-state index contributed by atoms with van der Waals surface area (Å²) in [7, 11) is 0. The summed E-state index contributed by atoms with van der Waals surface area (Å²) in [5.41, 5.74) is 1.14. The minimum absolute atomic E-state index is 0.778. The fourth-order valence-corrected chi connectivity index (χ4v) is 4.18. The van der Waals surface area contributed by atoms with Crippen molar-refractivity contribution in [3.8, 4) is 0 Å². The average molecular weight is 295 g/mol. The van der Waals surface area contributed by atoms with Gasteiger partial charge in [-0.1, -0.05) is 12.1 Å². The maximum Gasteiger partial charge on any atom is 0.108 e. The van der Waals surface area contributed by atoms with Crippen molar-refractivity contribution < 1.29 is 0 Å². The van der Waals surface area contributed by atoms with Gasteiger partial charge in [-0.3, -0.25) is 4.90 Å². The first-order valence-electron chi connectivity index (χ1n) is 6.98. The van der Waals surface area contributed by atoms with E-state index in [0.29, 0.717) is 0 Å². The summed E-state index contributed by atoms with van der Waals surface area (Å²) in [6.45, 7) is 3.38. The van der Waals surface area contributed by atoms with E-state index in [9.17, 15) is 0 Å². The van der Waals surface area contributed by atoms with Crippen LogP contribution in [0.2, 0.25) is 0 Å². The molecular formula is C15H19ClN2S. The number of benzene rings is 1. The summed E-state index contributed by atoms with van der Waals surface area (Å²) >= 11 is 7.69. The third-order valence-corrected chi connectivity index (χ3v) is 5.06. The molecule has 4 heteroatoms. The van der Waals surface area contributed by atoms with Gasteiger partial charge in [-0.2, -0.15) is 0 Å². The Kier molecular flexibility index (Phi) is 4.36. The third kappa shape index (κ3) is 3.28. The average Bonchev–Trinajstić information content (AvgIpc) is 2.81. The van der Waals surface area contributed by atoms with E-state index in [1.54, 1.807) is 0 Å². The van der Waals surface area contributed by atoms with Crippen LogP contribution in [0, 0.1) is 5.92 Å². The predicted molar refractivity (Wildman–Crippen MR) is 83.0 cm³/mol. The molecule has 102 valence electrons. The van der Waals surface area contributed by atoms with Crippen LogP contribution >= 0.6 is 22.9 Å². The Hall–Kier alpha value is -0.640. The van der Waals surface area contributed by atoms with Gasteiger partial charge in [0.15, 0.2) is 0 Å². The van der Waals surface area contributed by atoms with Crippen molar-refractivity contribution in [1.82, 2.24) is 9.88 Å². The molecule has 2 nitrogen and oxygen atoms in total. The molecule has 0 saturated carbocycles. The molecule has 3 rings (SSSR count). The summed E-state index contributed by atoms with van der Waals surface area (Å²) in [6, 6.07) is 8.40. The van der Waals surface area contributed by atoms with Crippen LogP contribution in [0.15, 0.2) is 24.3 Å².